The van der Waals surface area contributed by atoms with E-state index >= 15 is 0 Å². The Morgan fingerprint density at radius 2 is 0.870 bits per heavy atom. The second-order valence-corrected chi connectivity index (χ2v) is 7.55. The summed E-state index contributed by atoms with van der Waals surface area (Å²) in [5.74, 6) is 0. The van der Waals surface area contributed by atoms with Crippen molar-refractivity contribution in [2.24, 2.45) is 0 Å². The van der Waals surface area contributed by atoms with Gasteiger partial charge in [0.05, 0.1) is 0 Å². The number of nitrogens with zero attached hydrogens (tertiary/aromatic N) is 1. The van der Waals surface area contributed by atoms with Crippen molar-refractivity contribution in [3.8, 4) is 0 Å². The van der Waals surface area contributed by atoms with E-state index in [1.165, 1.54) is 109 Å². The highest BCUT2D eigenvalue weighted by molar-refractivity contribution is 4.64. The normalized spacial score (nSPS) is 11.7. The Labute approximate surface area is 148 Å². The zero-order chi connectivity index (χ0) is 17.2. The standard InChI is InChI=1S/C22H47N/c1-5-8-9-10-11-12-13-14-15-16-17-18-19-20-21-23(4)22(6-2)7-3/h22H,5-21H2,1-4H3. The van der Waals surface area contributed by atoms with Gasteiger partial charge in [-0.2, -0.15) is 0 Å². The lowest BCUT2D eigenvalue weighted by Gasteiger charge is -2.25. The summed E-state index contributed by atoms with van der Waals surface area (Å²) in [4.78, 5) is 2.57. The van der Waals surface area contributed by atoms with Crippen LogP contribution < -0.4 is 0 Å². The third-order valence-electron chi connectivity index (χ3n) is 5.43. The van der Waals surface area contributed by atoms with Crippen LogP contribution in [0.3, 0.4) is 0 Å². The van der Waals surface area contributed by atoms with E-state index in [4.69, 9.17) is 0 Å². The van der Waals surface area contributed by atoms with Crippen LogP contribution in [-0.2, 0) is 0 Å². The minimum absolute atomic E-state index is 0.803. The SMILES string of the molecule is CCCCCCCCCCCCCCCCN(C)C(CC)CC. The van der Waals surface area contributed by atoms with Gasteiger partial charge in [0.25, 0.3) is 0 Å². The minimum Gasteiger partial charge on any atom is -0.303 e. The first-order valence-corrected chi connectivity index (χ1v) is 11.0. The van der Waals surface area contributed by atoms with Gasteiger partial charge in [-0.25, -0.2) is 0 Å². The molecule has 1 nitrogen and oxygen atoms in total. The number of rotatable bonds is 18. The topological polar surface area (TPSA) is 3.24 Å². The van der Waals surface area contributed by atoms with Gasteiger partial charge in [-0.3, -0.25) is 0 Å². The Balaban J connectivity index is 3.16. The fourth-order valence-corrected chi connectivity index (χ4v) is 3.65. The van der Waals surface area contributed by atoms with Crippen LogP contribution in [-0.4, -0.2) is 24.5 Å². The van der Waals surface area contributed by atoms with Gasteiger partial charge in [-0.15, -0.1) is 0 Å². The molecule has 0 aliphatic rings. The third-order valence-corrected chi connectivity index (χ3v) is 5.43. The molecule has 0 fully saturated rings. The maximum atomic E-state index is 2.57. The van der Waals surface area contributed by atoms with E-state index in [2.05, 4.69) is 32.7 Å². The Bertz CT molecular complexity index is 210. The van der Waals surface area contributed by atoms with Crippen molar-refractivity contribution in [2.75, 3.05) is 13.6 Å². The highest BCUT2D eigenvalue weighted by Gasteiger charge is 2.08. The van der Waals surface area contributed by atoms with E-state index in [0.717, 1.165) is 6.04 Å². The molecule has 140 valence electrons. The average molecular weight is 326 g/mol. The molecule has 0 rings (SSSR count). The summed E-state index contributed by atoms with van der Waals surface area (Å²) in [7, 11) is 2.31. The highest BCUT2D eigenvalue weighted by Crippen LogP contribution is 2.13. The quantitative estimate of drug-likeness (QED) is 0.235. The fourth-order valence-electron chi connectivity index (χ4n) is 3.65. The molecule has 0 aliphatic heterocycles. The van der Waals surface area contributed by atoms with E-state index in [0.29, 0.717) is 0 Å². The lowest BCUT2D eigenvalue weighted by Crippen LogP contribution is -2.31. The van der Waals surface area contributed by atoms with Crippen LogP contribution in [0, 0.1) is 0 Å². The van der Waals surface area contributed by atoms with Gasteiger partial charge < -0.3 is 4.90 Å². The van der Waals surface area contributed by atoms with Gasteiger partial charge in [0.2, 0.25) is 0 Å². The molecule has 0 aromatic rings. The van der Waals surface area contributed by atoms with Gasteiger partial charge in [0, 0.05) is 6.04 Å². The number of hydrogen-bond donors (Lipinski definition) is 0. The molecule has 0 spiro atoms. The molecule has 0 unspecified atom stereocenters. The van der Waals surface area contributed by atoms with Crippen molar-refractivity contribution in [3.05, 3.63) is 0 Å². The summed E-state index contributed by atoms with van der Waals surface area (Å²) in [5.41, 5.74) is 0. The van der Waals surface area contributed by atoms with Crippen molar-refractivity contribution in [1.29, 1.82) is 0 Å². The van der Waals surface area contributed by atoms with Gasteiger partial charge in [0.15, 0.2) is 0 Å². The Morgan fingerprint density at radius 1 is 0.522 bits per heavy atom. The zero-order valence-corrected chi connectivity index (χ0v) is 17.0. The molecule has 1 heteroatoms. The molecule has 0 aliphatic carbocycles. The zero-order valence-electron chi connectivity index (χ0n) is 17.0. The lowest BCUT2D eigenvalue weighted by atomic mass is 10.0. The molecule has 0 heterocycles. The van der Waals surface area contributed by atoms with E-state index in [-0.39, 0.29) is 0 Å². The molecule has 0 bridgehead atoms. The monoisotopic (exact) mass is 325 g/mol. The molecule has 0 atom stereocenters. The van der Waals surface area contributed by atoms with Crippen LogP contribution in [0.1, 0.15) is 124 Å². The summed E-state index contributed by atoms with van der Waals surface area (Å²) >= 11 is 0. The first-order valence-electron chi connectivity index (χ1n) is 11.0. The summed E-state index contributed by atoms with van der Waals surface area (Å²) in [6.07, 6.45) is 22.9. The lowest BCUT2D eigenvalue weighted by molar-refractivity contribution is 0.225. The van der Waals surface area contributed by atoms with Crippen molar-refractivity contribution in [3.63, 3.8) is 0 Å². The number of unbranched alkanes of at least 4 members (excludes halogenated alkanes) is 13. The van der Waals surface area contributed by atoms with Gasteiger partial charge in [0.1, 0.15) is 0 Å². The summed E-state index contributed by atoms with van der Waals surface area (Å²) < 4.78 is 0. The molecular weight excluding hydrogens is 278 g/mol. The van der Waals surface area contributed by atoms with Gasteiger partial charge in [-0.05, 0) is 32.9 Å². The second kappa shape index (κ2) is 18.3. The van der Waals surface area contributed by atoms with Crippen LogP contribution in [0.4, 0.5) is 0 Å². The number of hydrogen-bond acceptors (Lipinski definition) is 1. The van der Waals surface area contributed by atoms with Crippen LogP contribution in [0.5, 0.6) is 0 Å². The molecule has 0 N–H and O–H groups in total. The van der Waals surface area contributed by atoms with Crippen molar-refractivity contribution in [2.45, 2.75) is 130 Å². The predicted molar refractivity (Wildman–Crippen MR) is 107 cm³/mol. The summed E-state index contributed by atoms with van der Waals surface area (Å²) in [6, 6.07) is 0.803. The molecule has 0 radical (unpaired) electrons. The average Bonchev–Trinajstić information content (AvgIpc) is 2.56. The fraction of sp³-hybridized carbons (Fsp3) is 1.00. The smallest absolute Gasteiger partial charge is 0.00869 e. The van der Waals surface area contributed by atoms with Gasteiger partial charge in [-0.1, -0.05) is 104 Å². The molecule has 0 saturated heterocycles. The largest absolute Gasteiger partial charge is 0.303 e. The van der Waals surface area contributed by atoms with Crippen molar-refractivity contribution >= 4 is 0 Å². The van der Waals surface area contributed by atoms with Crippen LogP contribution >= 0.6 is 0 Å². The highest BCUT2D eigenvalue weighted by atomic mass is 15.1. The van der Waals surface area contributed by atoms with E-state index in [1.54, 1.807) is 0 Å². The summed E-state index contributed by atoms with van der Waals surface area (Å²) in [5, 5.41) is 0. The first kappa shape index (κ1) is 23.0. The third kappa shape index (κ3) is 15.2. The molecule has 0 aromatic carbocycles. The predicted octanol–water partition coefficient (Wildman–Crippen LogP) is 7.59. The van der Waals surface area contributed by atoms with Crippen LogP contribution in [0.15, 0.2) is 0 Å². The summed E-state index contributed by atoms with van der Waals surface area (Å²) in [6.45, 7) is 8.22. The maximum Gasteiger partial charge on any atom is 0.00869 e. The molecule has 0 saturated carbocycles. The molecular formula is C22H47N. The second-order valence-electron chi connectivity index (χ2n) is 7.55. The van der Waals surface area contributed by atoms with E-state index < -0.39 is 0 Å². The Hall–Kier alpha value is -0.0400. The van der Waals surface area contributed by atoms with Crippen molar-refractivity contribution < 1.29 is 0 Å². The first-order chi connectivity index (χ1) is 11.3. The Morgan fingerprint density at radius 3 is 1.22 bits per heavy atom. The molecule has 0 amide bonds. The van der Waals surface area contributed by atoms with Crippen LogP contribution in [0.25, 0.3) is 0 Å². The minimum atomic E-state index is 0.803. The van der Waals surface area contributed by atoms with Crippen LogP contribution in [0.2, 0.25) is 0 Å². The van der Waals surface area contributed by atoms with Crippen molar-refractivity contribution in [1.82, 2.24) is 4.90 Å². The molecule has 23 heavy (non-hydrogen) atoms. The van der Waals surface area contributed by atoms with E-state index in [9.17, 15) is 0 Å². The van der Waals surface area contributed by atoms with E-state index in [1.807, 2.05) is 0 Å². The maximum absolute atomic E-state index is 2.57. The van der Waals surface area contributed by atoms with Gasteiger partial charge >= 0.3 is 0 Å². The Kier molecular flexibility index (Phi) is 18.3. The molecule has 0 aromatic heterocycles.